The van der Waals surface area contributed by atoms with Crippen molar-refractivity contribution in [3.63, 3.8) is 0 Å². The fourth-order valence-corrected chi connectivity index (χ4v) is 3.39. The quantitative estimate of drug-likeness (QED) is 0.192. The summed E-state index contributed by atoms with van der Waals surface area (Å²) in [5, 5.41) is 25.7. The molecule has 0 aliphatic carbocycles. The molecule has 29 heavy (non-hydrogen) atoms. The maximum atomic E-state index is 8.90. The minimum absolute atomic E-state index is 0. The largest absolute Gasteiger partial charge is 0.490 e. The molecule has 0 amide bonds. The number of unbranched alkanes of at least 4 members (excludes halogenated alkanes) is 1. The van der Waals surface area contributed by atoms with Gasteiger partial charge in [-0.05, 0) is 61.9 Å². The van der Waals surface area contributed by atoms with Gasteiger partial charge in [0.25, 0.3) is 0 Å². The topological polar surface area (TPSA) is 77.4 Å². The molecule has 0 fully saturated rings. The maximum Gasteiger partial charge on any atom is 0.140 e. The van der Waals surface area contributed by atoms with Crippen molar-refractivity contribution in [3.05, 3.63) is 46.2 Å². The molecule has 2 rings (SSSR count). The zero-order chi connectivity index (χ0) is 19.5. The summed E-state index contributed by atoms with van der Waals surface area (Å²) in [5.41, 5.74) is 1.97. The van der Waals surface area contributed by atoms with Crippen LogP contribution in [0.1, 0.15) is 50.0 Å². The van der Waals surface area contributed by atoms with Crippen molar-refractivity contribution in [1.29, 1.82) is 5.41 Å². The number of thiophene rings is 1. The number of amidine groups is 1. The molecule has 0 unspecified atom stereocenters. The molecule has 1 aromatic heterocycles. The van der Waals surface area contributed by atoms with E-state index in [9.17, 15) is 0 Å². The van der Waals surface area contributed by atoms with Crippen molar-refractivity contribution in [1.82, 2.24) is 5.32 Å². The van der Waals surface area contributed by atoms with Crippen LogP contribution < -0.4 is 15.4 Å². The molecular formula is C21H33Cl2N3O2S. The first-order valence-corrected chi connectivity index (χ1v) is 10.6. The number of benzene rings is 1. The molecule has 0 bridgehead atoms. The van der Waals surface area contributed by atoms with Gasteiger partial charge in [0, 0.05) is 24.4 Å². The van der Waals surface area contributed by atoms with Gasteiger partial charge in [0.1, 0.15) is 11.6 Å². The van der Waals surface area contributed by atoms with Gasteiger partial charge in [0.05, 0.1) is 11.0 Å². The molecule has 0 aliphatic rings. The average Bonchev–Trinajstić information content (AvgIpc) is 3.22. The molecule has 4 N–H and O–H groups in total. The van der Waals surface area contributed by atoms with Gasteiger partial charge in [-0.3, -0.25) is 5.41 Å². The Kier molecular flexibility index (Phi) is 14.8. The predicted molar refractivity (Wildman–Crippen MR) is 129 cm³/mol. The highest BCUT2D eigenvalue weighted by Crippen LogP contribution is 2.26. The molecule has 5 nitrogen and oxygen atoms in total. The zero-order valence-electron chi connectivity index (χ0n) is 17.1. The predicted octanol–water partition coefficient (Wildman–Crippen LogP) is 5.46. The Morgan fingerprint density at radius 3 is 2.55 bits per heavy atom. The fraction of sp³-hybridized carbons (Fsp3) is 0.476. The van der Waals surface area contributed by atoms with Crippen LogP contribution in [-0.2, 0) is 6.54 Å². The van der Waals surface area contributed by atoms with Crippen molar-refractivity contribution >= 4 is 47.7 Å². The van der Waals surface area contributed by atoms with Crippen LogP contribution in [0, 0.1) is 5.41 Å². The normalized spacial score (nSPS) is 10.2. The van der Waals surface area contributed by atoms with Crippen molar-refractivity contribution in [2.24, 2.45) is 0 Å². The number of aliphatic hydroxyl groups excluding tert-OH is 1. The molecular weight excluding hydrogens is 429 g/mol. The molecule has 0 aliphatic heterocycles. The average molecular weight is 462 g/mol. The van der Waals surface area contributed by atoms with Gasteiger partial charge in [0.15, 0.2) is 0 Å². The number of hydrogen-bond donors (Lipinski definition) is 4. The molecule has 0 spiro atoms. The zero-order valence-corrected chi connectivity index (χ0v) is 19.5. The lowest BCUT2D eigenvalue weighted by atomic mass is 10.1. The van der Waals surface area contributed by atoms with Gasteiger partial charge in [-0.15, -0.1) is 36.2 Å². The molecule has 0 atom stereocenters. The van der Waals surface area contributed by atoms with Crippen LogP contribution in [0.4, 0.5) is 5.69 Å². The summed E-state index contributed by atoms with van der Waals surface area (Å²) in [7, 11) is 0. The molecule has 1 heterocycles. The summed E-state index contributed by atoms with van der Waals surface area (Å²) >= 11 is 1.55. The Hall–Kier alpha value is -1.31. The summed E-state index contributed by atoms with van der Waals surface area (Å²) in [6.45, 7) is 6.06. The number of nitrogens with one attached hydrogen (secondary N) is 3. The molecule has 0 saturated heterocycles. The van der Waals surface area contributed by atoms with Gasteiger partial charge >= 0.3 is 0 Å². The van der Waals surface area contributed by atoms with Gasteiger partial charge in [-0.25, -0.2) is 0 Å². The second-order valence-electron chi connectivity index (χ2n) is 6.46. The van der Waals surface area contributed by atoms with Crippen molar-refractivity contribution in [2.75, 3.05) is 18.5 Å². The van der Waals surface area contributed by atoms with Gasteiger partial charge in [0.2, 0.25) is 0 Å². The monoisotopic (exact) mass is 461 g/mol. The van der Waals surface area contributed by atoms with Crippen molar-refractivity contribution < 1.29 is 9.84 Å². The molecule has 164 valence electrons. The van der Waals surface area contributed by atoms with E-state index in [1.54, 1.807) is 11.3 Å². The van der Waals surface area contributed by atoms with Crippen LogP contribution in [0.2, 0.25) is 0 Å². The summed E-state index contributed by atoms with van der Waals surface area (Å²) in [5.74, 6) is 1.30. The van der Waals surface area contributed by atoms with E-state index in [0.29, 0.717) is 12.4 Å². The maximum absolute atomic E-state index is 8.90. The highest BCUT2D eigenvalue weighted by Gasteiger charge is 2.11. The van der Waals surface area contributed by atoms with E-state index in [0.717, 1.165) is 54.1 Å². The van der Waals surface area contributed by atoms with E-state index < -0.39 is 0 Å². The molecule has 1 aromatic carbocycles. The summed E-state index contributed by atoms with van der Waals surface area (Å²) in [6, 6.07) is 9.90. The second kappa shape index (κ2) is 15.5. The van der Waals surface area contributed by atoms with Gasteiger partial charge in [-0.1, -0.05) is 19.9 Å². The number of hydrogen-bond acceptors (Lipinski definition) is 5. The first kappa shape index (κ1) is 27.7. The summed E-state index contributed by atoms with van der Waals surface area (Å²) in [4.78, 5) is 0.913. The summed E-state index contributed by atoms with van der Waals surface area (Å²) < 4.78 is 6.19. The lowest BCUT2D eigenvalue weighted by Gasteiger charge is -2.20. The van der Waals surface area contributed by atoms with E-state index in [4.69, 9.17) is 15.3 Å². The summed E-state index contributed by atoms with van der Waals surface area (Å²) in [6.07, 6.45) is 3.91. The lowest BCUT2D eigenvalue weighted by Crippen LogP contribution is -2.19. The first-order valence-electron chi connectivity index (χ1n) is 9.68. The lowest BCUT2D eigenvalue weighted by molar-refractivity contribution is 0.190. The number of halogens is 2. The van der Waals surface area contributed by atoms with E-state index >= 15 is 0 Å². The highest BCUT2D eigenvalue weighted by atomic mass is 35.5. The molecule has 8 heteroatoms. The van der Waals surface area contributed by atoms with Crippen LogP contribution in [0.15, 0.2) is 35.7 Å². The van der Waals surface area contributed by atoms with Crippen LogP contribution in [-0.4, -0.2) is 30.2 Å². The smallest absolute Gasteiger partial charge is 0.140 e. The van der Waals surface area contributed by atoms with Crippen molar-refractivity contribution in [3.8, 4) is 5.75 Å². The molecule has 0 radical (unpaired) electrons. The number of anilines is 1. The van der Waals surface area contributed by atoms with E-state index in [2.05, 4.69) is 30.5 Å². The Balaban J connectivity index is 0.00000392. The Morgan fingerprint density at radius 2 is 1.93 bits per heavy atom. The van der Waals surface area contributed by atoms with E-state index in [1.165, 1.54) is 0 Å². The standard InChI is InChI=1S/C21H31N3O2S.2ClH/c1-3-18(4-2)26-19-10-9-17(24-21(22)20-8-7-13-27-20)14-16(19)15-23-11-5-6-12-25;;/h7-10,13-14,18,23,25H,3-6,11-12,15H2,1-2H3,(H2,22,24);2*1H. The number of ether oxygens (including phenoxy) is 1. The first-order chi connectivity index (χ1) is 13.2. The van der Waals surface area contributed by atoms with Crippen LogP contribution in [0.25, 0.3) is 0 Å². The minimum Gasteiger partial charge on any atom is -0.490 e. The third-order valence-electron chi connectivity index (χ3n) is 4.38. The van der Waals surface area contributed by atoms with Crippen LogP contribution >= 0.6 is 36.2 Å². The Labute approximate surface area is 190 Å². The fourth-order valence-electron chi connectivity index (χ4n) is 2.76. The SMILES string of the molecule is CCC(CC)Oc1ccc(NC(=N)c2cccs2)cc1CNCCCCO.Cl.Cl. The van der Waals surface area contributed by atoms with Crippen LogP contribution in [0.3, 0.4) is 0 Å². The van der Waals surface area contributed by atoms with E-state index in [1.807, 2.05) is 29.6 Å². The third-order valence-corrected chi connectivity index (χ3v) is 5.27. The Morgan fingerprint density at radius 1 is 1.17 bits per heavy atom. The minimum atomic E-state index is 0. The Bertz CT molecular complexity index is 695. The highest BCUT2D eigenvalue weighted by molar-refractivity contribution is 7.12. The van der Waals surface area contributed by atoms with Gasteiger partial charge in [-0.2, -0.15) is 0 Å². The van der Waals surface area contributed by atoms with Crippen LogP contribution in [0.5, 0.6) is 5.75 Å². The van der Waals surface area contributed by atoms with E-state index in [-0.39, 0.29) is 37.5 Å². The van der Waals surface area contributed by atoms with Crippen molar-refractivity contribution in [2.45, 2.75) is 52.2 Å². The molecule has 2 aromatic rings. The second-order valence-corrected chi connectivity index (χ2v) is 7.41. The van der Waals surface area contributed by atoms with Gasteiger partial charge < -0.3 is 20.5 Å². The third kappa shape index (κ3) is 9.36. The number of rotatable bonds is 12. The molecule has 0 saturated carbocycles. The number of aliphatic hydroxyl groups is 1.